The van der Waals surface area contributed by atoms with E-state index in [1.165, 1.54) is 10.5 Å². The summed E-state index contributed by atoms with van der Waals surface area (Å²) < 4.78 is 11.1. The van der Waals surface area contributed by atoms with Gasteiger partial charge in [-0.25, -0.2) is 0 Å². The molecule has 0 radical (unpaired) electrons. The predicted molar refractivity (Wildman–Crippen MR) is 75.1 cm³/mol. The molecule has 0 spiro atoms. The van der Waals surface area contributed by atoms with Gasteiger partial charge in [0.2, 0.25) is 0 Å². The van der Waals surface area contributed by atoms with Crippen LogP contribution in [0, 0.1) is 0 Å². The van der Waals surface area contributed by atoms with Gasteiger partial charge in [0.15, 0.2) is 0 Å². The lowest BCUT2D eigenvalue weighted by atomic mass is 10.2. The minimum Gasteiger partial charge on any atom is -0.376 e. The third-order valence-electron chi connectivity index (χ3n) is 3.03. The molecular formula is C14H21NO2S. The number of nitrogens with zero attached hydrogens (tertiary/aromatic N) is 1. The average molecular weight is 267 g/mol. The molecular weight excluding hydrogens is 246 g/mol. The van der Waals surface area contributed by atoms with Crippen LogP contribution in [0.5, 0.6) is 0 Å². The van der Waals surface area contributed by atoms with Crippen LogP contribution in [0.3, 0.4) is 0 Å². The third-order valence-corrected chi connectivity index (χ3v) is 3.87. The van der Waals surface area contributed by atoms with E-state index in [4.69, 9.17) is 9.47 Å². The maximum absolute atomic E-state index is 5.67. The number of thioether (sulfide) groups is 1. The quantitative estimate of drug-likeness (QED) is 0.763. The SMILES string of the molecule is CSc1ccccc1CN(C)C[C@H]1COCCO1. The monoisotopic (exact) mass is 267 g/mol. The number of likely N-dealkylation sites (N-methyl/N-ethyl adjacent to an activating group) is 1. The first-order valence-corrected chi connectivity index (χ1v) is 7.52. The lowest BCUT2D eigenvalue weighted by Gasteiger charge is -2.27. The fourth-order valence-electron chi connectivity index (χ4n) is 2.18. The number of benzene rings is 1. The molecule has 1 aromatic carbocycles. The van der Waals surface area contributed by atoms with Crippen LogP contribution in [0.4, 0.5) is 0 Å². The van der Waals surface area contributed by atoms with E-state index >= 15 is 0 Å². The van der Waals surface area contributed by atoms with Crippen molar-refractivity contribution in [1.29, 1.82) is 0 Å². The maximum atomic E-state index is 5.67. The van der Waals surface area contributed by atoms with Crippen LogP contribution in [0.2, 0.25) is 0 Å². The summed E-state index contributed by atoms with van der Waals surface area (Å²) in [4.78, 5) is 3.65. The minimum atomic E-state index is 0.213. The molecule has 0 bridgehead atoms. The van der Waals surface area contributed by atoms with Gasteiger partial charge in [-0.2, -0.15) is 0 Å². The molecule has 0 unspecified atom stereocenters. The van der Waals surface area contributed by atoms with Crippen molar-refractivity contribution in [3.63, 3.8) is 0 Å². The van der Waals surface area contributed by atoms with Crippen molar-refractivity contribution < 1.29 is 9.47 Å². The highest BCUT2D eigenvalue weighted by Gasteiger charge is 2.16. The van der Waals surface area contributed by atoms with Crippen molar-refractivity contribution in [3.05, 3.63) is 29.8 Å². The number of hydrogen-bond donors (Lipinski definition) is 0. The zero-order chi connectivity index (χ0) is 12.8. The largest absolute Gasteiger partial charge is 0.376 e. The molecule has 1 aromatic rings. The van der Waals surface area contributed by atoms with E-state index in [0.29, 0.717) is 6.61 Å². The first-order chi connectivity index (χ1) is 8.79. The van der Waals surface area contributed by atoms with Crippen LogP contribution in [0.15, 0.2) is 29.2 Å². The van der Waals surface area contributed by atoms with Gasteiger partial charge in [0.25, 0.3) is 0 Å². The predicted octanol–water partition coefficient (Wildman–Crippen LogP) is 2.26. The highest BCUT2D eigenvalue weighted by molar-refractivity contribution is 7.98. The Hall–Kier alpha value is -0.550. The van der Waals surface area contributed by atoms with Crippen LogP contribution in [-0.2, 0) is 16.0 Å². The molecule has 0 aromatic heterocycles. The molecule has 3 nitrogen and oxygen atoms in total. The summed E-state index contributed by atoms with van der Waals surface area (Å²) in [6.07, 6.45) is 2.34. The Balaban J connectivity index is 1.87. The lowest BCUT2D eigenvalue weighted by molar-refractivity contribution is -0.0963. The van der Waals surface area contributed by atoms with Crippen LogP contribution < -0.4 is 0 Å². The Morgan fingerprint density at radius 3 is 2.89 bits per heavy atom. The summed E-state index contributed by atoms with van der Waals surface area (Å²) in [6.45, 7) is 4.05. The fourth-order valence-corrected chi connectivity index (χ4v) is 2.79. The Labute approximate surface area is 113 Å². The second-order valence-electron chi connectivity index (χ2n) is 4.58. The average Bonchev–Trinajstić information content (AvgIpc) is 2.40. The highest BCUT2D eigenvalue weighted by Crippen LogP contribution is 2.21. The molecule has 1 saturated heterocycles. The molecule has 1 heterocycles. The third kappa shape index (κ3) is 3.99. The van der Waals surface area contributed by atoms with Gasteiger partial charge in [-0.1, -0.05) is 18.2 Å². The summed E-state index contributed by atoms with van der Waals surface area (Å²) in [5, 5.41) is 0. The van der Waals surface area contributed by atoms with Crippen molar-refractivity contribution >= 4 is 11.8 Å². The summed E-state index contributed by atoms with van der Waals surface area (Å²) in [5.74, 6) is 0. The van der Waals surface area contributed by atoms with Gasteiger partial charge in [-0.05, 0) is 24.9 Å². The van der Waals surface area contributed by atoms with Crippen molar-refractivity contribution in [2.24, 2.45) is 0 Å². The van der Waals surface area contributed by atoms with E-state index in [9.17, 15) is 0 Å². The molecule has 1 aliphatic rings. The molecule has 4 heteroatoms. The Bertz CT molecular complexity index is 367. The van der Waals surface area contributed by atoms with Gasteiger partial charge < -0.3 is 9.47 Å². The first-order valence-electron chi connectivity index (χ1n) is 6.29. The van der Waals surface area contributed by atoms with Crippen molar-refractivity contribution in [2.75, 3.05) is 39.7 Å². The summed E-state index contributed by atoms with van der Waals surface area (Å²) in [5.41, 5.74) is 1.38. The molecule has 1 fully saturated rings. The standard InChI is InChI=1S/C14H21NO2S/c1-15(10-13-11-16-7-8-17-13)9-12-5-3-4-6-14(12)18-2/h3-6,13H,7-11H2,1-2H3/t13-/m0/s1. The van der Waals surface area contributed by atoms with E-state index in [0.717, 1.165) is 26.3 Å². The zero-order valence-electron chi connectivity index (χ0n) is 11.1. The van der Waals surface area contributed by atoms with Crippen molar-refractivity contribution in [3.8, 4) is 0 Å². The van der Waals surface area contributed by atoms with Crippen LogP contribution >= 0.6 is 11.8 Å². The van der Waals surface area contributed by atoms with Gasteiger partial charge in [-0.15, -0.1) is 11.8 Å². The maximum Gasteiger partial charge on any atom is 0.0936 e. The minimum absolute atomic E-state index is 0.213. The smallest absolute Gasteiger partial charge is 0.0936 e. The van der Waals surface area contributed by atoms with Crippen LogP contribution in [-0.4, -0.2) is 50.7 Å². The number of ether oxygens (including phenoxy) is 2. The van der Waals surface area contributed by atoms with E-state index in [1.54, 1.807) is 11.8 Å². The molecule has 100 valence electrons. The van der Waals surface area contributed by atoms with E-state index in [2.05, 4.69) is 42.5 Å². The van der Waals surface area contributed by atoms with Crippen LogP contribution in [0.25, 0.3) is 0 Å². The van der Waals surface area contributed by atoms with Crippen LogP contribution in [0.1, 0.15) is 5.56 Å². The molecule has 0 aliphatic carbocycles. The van der Waals surface area contributed by atoms with Crippen molar-refractivity contribution in [1.82, 2.24) is 4.90 Å². The highest BCUT2D eigenvalue weighted by atomic mass is 32.2. The Kier molecular flexibility index (Phi) is 5.50. The van der Waals surface area contributed by atoms with Gasteiger partial charge in [-0.3, -0.25) is 4.90 Å². The topological polar surface area (TPSA) is 21.7 Å². The van der Waals surface area contributed by atoms with E-state index in [1.807, 2.05) is 0 Å². The molecule has 1 aliphatic heterocycles. The van der Waals surface area contributed by atoms with Crippen molar-refractivity contribution in [2.45, 2.75) is 17.5 Å². The van der Waals surface area contributed by atoms with Gasteiger partial charge >= 0.3 is 0 Å². The van der Waals surface area contributed by atoms with E-state index in [-0.39, 0.29) is 6.10 Å². The zero-order valence-corrected chi connectivity index (χ0v) is 11.9. The summed E-state index contributed by atoms with van der Waals surface area (Å²) >= 11 is 1.80. The fraction of sp³-hybridized carbons (Fsp3) is 0.571. The molecule has 2 rings (SSSR count). The summed E-state index contributed by atoms with van der Waals surface area (Å²) in [6, 6.07) is 8.56. The number of rotatable bonds is 5. The molecule has 0 amide bonds. The van der Waals surface area contributed by atoms with E-state index < -0.39 is 0 Å². The van der Waals surface area contributed by atoms with Gasteiger partial charge in [0.05, 0.1) is 25.9 Å². The molecule has 0 saturated carbocycles. The first kappa shape index (κ1) is 13.9. The Morgan fingerprint density at radius 1 is 1.33 bits per heavy atom. The second-order valence-corrected chi connectivity index (χ2v) is 5.42. The normalized spacial score (nSPS) is 20.3. The molecule has 0 N–H and O–H groups in total. The van der Waals surface area contributed by atoms with Gasteiger partial charge in [0.1, 0.15) is 0 Å². The molecule has 18 heavy (non-hydrogen) atoms. The second kappa shape index (κ2) is 7.14. The lowest BCUT2D eigenvalue weighted by Crippen LogP contribution is -2.38. The summed E-state index contributed by atoms with van der Waals surface area (Å²) in [7, 11) is 2.13. The Morgan fingerprint density at radius 2 is 2.17 bits per heavy atom. The number of hydrogen-bond acceptors (Lipinski definition) is 4. The van der Waals surface area contributed by atoms with Gasteiger partial charge in [0, 0.05) is 18.0 Å². The molecule has 1 atom stereocenters.